The number of benzene rings is 3. The summed E-state index contributed by atoms with van der Waals surface area (Å²) in [6.45, 7) is 8.80. The van der Waals surface area contributed by atoms with E-state index in [-0.39, 0.29) is 24.0 Å². The summed E-state index contributed by atoms with van der Waals surface area (Å²) >= 11 is 0. The Morgan fingerprint density at radius 3 is 2.26 bits per heavy atom. The van der Waals surface area contributed by atoms with Crippen molar-refractivity contribution >= 4 is 22.7 Å². The number of hydrogen-bond donors (Lipinski definition) is 0. The molecule has 5 heteroatoms. The highest BCUT2D eigenvalue weighted by Gasteiger charge is 2.52. The normalized spacial score (nSPS) is 23.7. The summed E-state index contributed by atoms with van der Waals surface area (Å²) in [5.41, 5.74) is 4.04. The largest absolute Gasteiger partial charge is 0.493 e. The van der Waals surface area contributed by atoms with Crippen molar-refractivity contribution in [1.29, 1.82) is 0 Å². The van der Waals surface area contributed by atoms with Crippen molar-refractivity contribution in [3.05, 3.63) is 77.9 Å². The van der Waals surface area contributed by atoms with Crippen LogP contribution in [0.3, 0.4) is 0 Å². The lowest BCUT2D eigenvalue weighted by atomic mass is 9.47. The first kappa shape index (κ1) is 29.5. The average molecular weight is 581 g/mol. The maximum Gasteiger partial charge on any atom is 0.339 e. The van der Waals surface area contributed by atoms with E-state index >= 15 is 0 Å². The van der Waals surface area contributed by atoms with Crippen molar-refractivity contribution < 1.29 is 23.8 Å². The fourth-order valence-corrected chi connectivity index (χ4v) is 8.57. The maximum atomic E-state index is 13.6. The molecule has 0 amide bonds. The highest BCUT2D eigenvalue weighted by atomic mass is 16.5. The van der Waals surface area contributed by atoms with Gasteiger partial charge in [0.1, 0.15) is 12.4 Å². The van der Waals surface area contributed by atoms with E-state index in [2.05, 4.69) is 25.6 Å². The van der Waals surface area contributed by atoms with E-state index in [1.807, 2.05) is 37.3 Å². The molecular weight excluding hydrogens is 536 g/mol. The van der Waals surface area contributed by atoms with Crippen molar-refractivity contribution in [3.8, 4) is 16.9 Å². The van der Waals surface area contributed by atoms with Crippen LogP contribution in [0.25, 0.3) is 21.9 Å². The van der Waals surface area contributed by atoms with Crippen LogP contribution in [0.1, 0.15) is 97.9 Å². The van der Waals surface area contributed by atoms with Crippen LogP contribution in [0, 0.1) is 17.8 Å². The average Bonchev–Trinajstić information content (AvgIpc) is 3.00. The van der Waals surface area contributed by atoms with E-state index in [0.717, 1.165) is 89.5 Å². The lowest BCUT2D eigenvalue weighted by Crippen LogP contribution is -2.49. The Bertz CT molecular complexity index is 1480. The molecule has 4 saturated carbocycles. The Morgan fingerprint density at radius 1 is 0.884 bits per heavy atom. The zero-order valence-corrected chi connectivity index (χ0v) is 25.7. The molecule has 3 aromatic carbocycles. The zero-order chi connectivity index (χ0) is 30.0. The molecule has 0 saturated heterocycles. The van der Waals surface area contributed by atoms with Crippen molar-refractivity contribution in [1.82, 2.24) is 0 Å². The summed E-state index contributed by atoms with van der Waals surface area (Å²) in [6, 6.07) is 16.0. The van der Waals surface area contributed by atoms with Crippen LogP contribution >= 0.6 is 0 Å². The highest BCUT2D eigenvalue weighted by molar-refractivity contribution is 6.03. The van der Waals surface area contributed by atoms with Gasteiger partial charge in [-0.05, 0) is 127 Å². The summed E-state index contributed by atoms with van der Waals surface area (Å²) in [5, 5.41) is 1.93. The van der Waals surface area contributed by atoms with Gasteiger partial charge in [-0.15, -0.1) is 0 Å². The second kappa shape index (κ2) is 12.6. The molecule has 0 heterocycles. The van der Waals surface area contributed by atoms with Crippen molar-refractivity contribution in [3.63, 3.8) is 0 Å². The first-order valence-electron chi connectivity index (χ1n) is 16.2. The molecule has 226 valence electrons. The smallest absolute Gasteiger partial charge is 0.339 e. The Morgan fingerprint density at radius 2 is 1.58 bits per heavy atom. The first-order chi connectivity index (χ1) is 20.9. The topological polar surface area (TPSA) is 61.8 Å². The lowest BCUT2D eigenvalue weighted by molar-refractivity contribution is -0.00598. The summed E-state index contributed by atoms with van der Waals surface area (Å²) in [7, 11) is 0. The molecule has 0 atom stereocenters. The number of esters is 2. The zero-order valence-electron chi connectivity index (χ0n) is 25.7. The van der Waals surface area contributed by atoms with Crippen LogP contribution in [0.5, 0.6) is 5.75 Å². The van der Waals surface area contributed by atoms with E-state index in [1.165, 1.54) is 19.3 Å². The van der Waals surface area contributed by atoms with Crippen LogP contribution in [-0.4, -0.2) is 31.8 Å². The second-order valence-corrected chi connectivity index (χ2v) is 13.0. The summed E-state index contributed by atoms with van der Waals surface area (Å²) in [4.78, 5) is 26.6. The van der Waals surface area contributed by atoms with Gasteiger partial charge in [0, 0.05) is 5.39 Å². The van der Waals surface area contributed by atoms with Gasteiger partial charge in [0.2, 0.25) is 0 Å². The maximum absolute atomic E-state index is 13.6. The minimum Gasteiger partial charge on any atom is -0.493 e. The number of fused-ring (bicyclic) bond motifs is 1. The molecule has 0 spiro atoms. The Hall–Kier alpha value is -3.60. The molecule has 4 fully saturated rings. The van der Waals surface area contributed by atoms with Crippen molar-refractivity contribution in [2.45, 2.75) is 77.0 Å². The molecule has 43 heavy (non-hydrogen) atoms. The second-order valence-electron chi connectivity index (χ2n) is 13.0. The number of rotatable bonds is 12. The number of hydrogen-bond acceptors (Lipinski definition) is 5. The Labute approximate surface area is 255 Å². The minimum absolute atomic E-state index is 0.00951. The first-order valence-corrected chi connectivity index (χ1v) is 16.2. The van der Waals surface area contributed by atoms with Gasteiger partial charge in [0.05, 0.1) is 24.3 Å². The molecule has 0 N–H and O–H groups in total. The predicted octanol–water partition coefficient (Wildman–Crippen LogP) is 9.06. The predicted molar refractivity (Wildman–Crippen MR) is 171 cm³/mol. The van der Waals surface area contributed by atoms with E-state index < -0.39 is 0 Å². The van der Waals surface area contributed by atoms with Gasteiger partial charge in [-0.2, -0.15) is 0 Å². The summed E-state index contributed by atoms with van der Waals surface area (Å²) in [5.74, 6) is 2.33. The fraction of sp³-hybridized carbons (Fsp3) is 0.474. The van der Waals surface area contributed by atoms with Crippen molar-refractivity contribution in [2.24, 2.45) is 17.8 Å². The van der Waals surface area contributed by atoms with E-state index in [9.17, 15) is 9.59 Å². The molecule has 4 bridgehead atoms. The molecular formula is C38H44O5. The van der Waals surface area contributed by atoms with Crippen LogP contribution in [0.2, 0.25) is 0 Å². The third kappa shape index (κ3) is 5.83. The molecule has 0 aliphatic heterocycles. The molecule has 3 aromatic rings. The van der Waals surface area contributed by atoms with Crippen LogP contribution in [0.4, 0.5) is 0 Å². The lowest BCUT2D eigenvalue weighted by Gasteiger charge is -2.57. The third-order valence-electron chi connectivity index (χ3n) is 9.95. The van der Waals surface area contributed by atoms with Gasteiger partial charge >= 0.3 is 11.9 Å². The summed E-state index contributed by atoms with van der Waals surface area (Å²) < 4.78 is 17.5. The van der Waals surface area contributed by atoms with E-state index in [4.69, 9.17) is 14.2 Å². The Balaban J connectivity index is 1.52. The molecule has 5 nitrogen and oxygen atoms in total. The van der Waals surface area contributed by atoms with Crippen LogP contribution < -0.4 is 4.74 Å². The molecule has 4 aliphatic rings. The van der Waals surface area contributed by atoms with Gasteiger partial charge in [-0.25, -0.2) is 9.59 Å². The monoisotopic (exact) mass is 580 g/mol. The van der Waals surface area contributed by atoms with Crippen molar-refractivity contribution in [2.75, 3.05) is 19.8 Å². The molecule has 0 unspecified atom stereocenters. The standard InChI is InChI=1S/C38H44O5/c1-4-7-10-14-42-35-20-29(30-11-8-9-12-31(30)36(39)43-13-5-2)18-28-19-34(33(21-32(28)35)37(40)41-6-3)38-22-25-15-26(23-38)17-27(16-25)24-38/h5,8-9,11-12,18-21,25-27H,2,4,6-7,10,13-17,22-24H2,1,3H3. The van der Waals surface area contributed by atoms with Gasteiger partial charge in [-0.1, -0.05) is 50.6 Å². The van der Waals surface area contributed by atoms with Gasteiger partial charge in [-0.3, -0.25) is 0 Å². The number of carbonyl (C=O) groups excluding carboxylic acids is 2. The van der Waals surface area contributed by atoms with Crippen LogP contribution in [0.15, 0.2) is 61.2 Å². The van der Waals surface area contributed by atoms with Gasteiger partial charge in [0.15, 0.2) is 0 Å². The van der Waals surface area contributed by atoms with E-state index in [0.29, 0.717) is 24.3 Å². The Kier molecular flexibility index (Phi) is 8.61. The molecule has 0 radical (unpaired) electrons. The minimum atomic E-state index is -0.382. The third-order valence-corrected chi connectivity index (χ3v) is 9.95. The molecule has 0 aromatic heterocycles. The van der Waals surface area contributed by atoms with Gasteiger partial charge < -0.3 is 14.2 Å². The van der Waals surface area contributed by atoms with Crippen LogP contribution in [-0.2, 0) is 14.9 Å². The van der Waals surface area contributed by atoms with E-state index in [1.54, 1.807) is 12.1 Å². The quantitative estimate of drug-likeness (QED) is 0.121. The number of unbranched alkanes of at least 4 members (excludes halogenated alkanes) is 2. The highest BCUT2D eigenvalue weighted by Crippen LogP contribution is 2.61. The summed E-state index contributed by atoms with van der Waals surface area (Å²) in [6.07, 6.45) is 12.2. The molecule has 4 aliphatic carbocycles. The van der Waals surface area contributed by atoms with Gasteiger partial charge in [0.25, 0.3) is 0 Å². The number of carbonyl (C=O) groups is 2. The SMILES string of the molecule is C=CCOC(=O)c1ccccc1-c1cc(OCCCCC)c2cc(C(=O)OCC)c(C34CC5CC(CC(C5)C3)C4)cc2c1. The molecule has 7 rings (SSSR count). The fourth-order valence-electron chi connectivity index (χ4n) is 8.57. The number of ether oxygens (including phenoxy) is 3.